The molecule has 0 saturated heterocycles. The van der Waals surface area contributed by atoms with E-state index in [9.17, 15) is 12.7 Å². The molecule has 0 heterocycles. The molecule has 0 aromatic carbocycles. The van der Waals surface area contributed by atoms with Crippen LogP contribution in [-0.2, 0) is 15.1 Å². The van der Waals surface area contributed by atoms with Crippen LogP contribution in [0.5, 0.6) is 0 Å². The third-order valence-corrected chi connectivity index (χ3v) is 0.763. The molecule has 0 aliphatic heterocycles. The van der Waals surface area contributed by atoms with E-state index in [2.05, 4.69) is 9.46 Å². The van der Waals surface area contributed by atoms with Gasteiger partial charge in [-0.15, -0.1) is 10.9 Å². The maximum absolute atomic E-state index is 10.9. The van der Waals surface area contributed by atoms with Gasteiger partial charge in [-0.1, -0.05) is 13.8 Å². The number of hydrogen-bond acceptors (Lipinski definition) is 5. The molecule has 0 radical (unpaired) electrons. The quantitative estimate of drug-likeness (QED) is 0.755. The van der Waals surface area contributed by atoms with Gasteiger partial charge in [0.25, 0.3) is 0 Å². The van der Waals surface area contributed by atoms with Crippen molar-refractivity contribution in [2.45, 2.75) is 13.8 Å². The van der Waals surface area contributed by atoms with E-state index in [0.717, 1.165) is 21.3 Å². The molecule has 0 bridgehead atoms. The maximum atomic E-state index is 10.9. The Balaban J connectivity index is -0.0000000264. The normalized spacial score (nSPS) is 6.89. The highest BCUT2D eigenvalue weighted by atomic mass is 32.3. The molecule has 10 heteroatoms. The van der Waals surface area contributed by atoms with Crippen LogP contribution in [0.3, 0.4) is 0 Å². The zero-order valence-electron chi connectivity index (χ0n) is 11.8. The van der Waals surface area contributed by atoms with Crippen molar-refractivity contribution in [1.29, 1.82) is 0 Å². The number of aliphatic hydroxyl groups excluding tert-OH is 2. The van der Waals surface area contributed by atoms with Gasteiger partial charge in [-0.3, -0.25) is 4.39 Å². The van der Waals surface area contributed by atoms with E-state index in [-0.39, 0.29) is 0 Å². The highest BCUT2D eigenvalue weighted by molar-refractivity contribution is 7.88. The monoisotopic (exact) mass is 304 g/mol. The van der Waals surface area contributed by atoms with Gasteiger partial charge in [0.1, 0.15) is 0 Å². The summed E-state index contributed by atoms with van der Waals surface area (Å²) in [5.41, 5.74) is 0. The van der Waals surface area contributed by atoms with E-state index >= 15 is 0 Å². The molecule has 18 heavy (non-hydrogen) atoms. The number of hydrogen-bond donors (Lipinski definition) is 2. The predicted molar refractivity (Wildman–Crippen MR) is 67.0 cm³/mol. The smallest absolute Gasteiger partial charge is 0.228 e. The van der Waals surface area contributed by atoms with E-state index < -0.39 is 17.3 Å². The summed E-state index contributed by atoms with van der Waals surface area (Å²) in [7, 11) is 0.139. The second-order valence-corrected chi connectivity index (χ2v) is 2.18. The molecule has 0 saturated carbocycles. The minimum atomic E-state index is -4.54. The summed E-state index contributed by atoms with van der Waals surface area (Å²) in [5.74, 6) is 0. The SMILES string of the molecule is CC.CF.CO.CO.COCF.C[N-]S(=O)(=O)F. The van der Waals surface area contributed by atoms with Crippen molar-refractivity contribution in [2.24, 2.45) is 0 Å². The largest absolute Gasteiger partial charge is 0.523 e. The topological polar surface area (TPSA) is 97.9 Å². The molecule has 0 atom stereocenters. The van der Waals surface area contributed by atoms with Crippen LogP contribution in [0.15, 0.2) is 0 Å². The molecule has 0 aromatic heterocycles. The van der Waals surface area contributed by atoms with Gasteiger partial charge in [0.2, 0.25) is 10.4 Å². The Labute approximate surface area is 108 Å². The first-order valence-electron chi connectivity index (χ1n) is 4.35. The number of halogens is 3. The van der Waals surface area contributed by atoms with Crippen LogP contribution in [0.1, 0.15) is 13.8 Å². The van der Waals surface area contributed by atoms with Crippen molar-refractivity contribution in [3.63, 3.8) is 0 Å². The average Bonchev–Trinajstić information content (AvgIpc) is 2.47. The van der Waals surface area contributed by atoms with Crippen molar-refractivity contribution in [3.8, 4) is 0 Å². The second-order valence-electron chi connectivity index (χ2n) is 0.992. The molecular weight excluding hydrogens is 279 g/mol. The first-order chi connectivity index (χ1) is 8.47. The summed E-state index contributed by atoms with van der Waals surface area (Å²) in [6.07, 6.45) is 0. The summed E-state index contributed by atoms with van der Waals surface area (Å²) < 4.78 is 55.5. The third-order valence-electron chi connectivity index (χ3n) is 0.327. The van der Waals surface area contributed by atoms with E-state index in [1.807, 2.05) is 13.8 Å². The molecule has 0 aliphatic rings. The van der Waals surface area contributed by atoms with E-state index in [0.29, 0.717) is 7.18 Å². The van der Waals surface area contributed by atoms with E-state index in [4.69, 9.17) is 18.6 Å². The van der Waals surface area contributed by atoms with Crippen LogP contribution in [0, 0.1) is 0 Å². The lowest BCUT2D eigenvalue weighted by Gasteiger charge is -1.98. The Morgan fingerprint density at radius 2 is 1.22 bits per heavy atom. The molecule has 0 rings (SSSR count). The molecule has 2 N–H and O–H groups in total. The van der Waals surface area contributed by atoms with Gasteiger partial charge in [0, 0.05) is 21.3 Å². The Hall–Kier alpha value is -0.420. The predicted octanol–water partition coefficient (Wildman–Crippen LogP) is 1.59. The number of ether oxygens (including phenoxy) is 1. The Morgan fingerprint density at radius 1 is 1.11 bits per heavy atom. The molecule has 0 amide bonds. The van der Waals surface area contributed by atoms with Crippen molar-refractivity contribution in [1.82, 2.24) is 0 Å². The number of nitrogens with zero attached hydrogens (tertiary/aromatic N) is 1. The van der Waals surface area contributed by atoms with Crippen molar-refractivity contribution in [3.05, 3.63) is 4.72 Å². The molecule has 120 valence electrons. The lowest BCUT2D eigenvalue weighted by atomic mass is 11.0. The zero-order valence-corrected chi connectivity index (χ0v) is 12.6. The summed E-state index contributed by atoms with van der Waals surface area (Å²) >= 11 is 0. The fourth-order valence-electron chi connectivity index (χ4n) is 0. The minimum Gasteiger partial charge on any atom is -0.523 e. The fourth-order valence-corrected chi connectivity index (χ4v) is 0. The standard InChI is InChI=1S/C2H5FO.C2H6.CH3FNO2S.CH3F.2CH4O/c1-4-2-3;1-2;1-3-6(2,4)5;3*1-2/h2H2,1H3;1-2H3;1H3;1H3;2*2H,1H3/q;;-1;;;. The van der Waals surface area contributed by atoms with Crippen LogP contribution in [0.25, 0.3) is 4.72 Å². The van der Waals surface area contributed by atoms with Crippen molar-refractivity contribution < 1.29 is 36.0 Å². The van der Waals surface area contributed by atoms with Gasteiger partial charge in [0.05, 0.1) is 7.18 Å². The van der Waals surface area contributed by atoms with Crippen LogP contribution < -0.4 is 0 Å². The van der Waals surface area contributed by atoms with Gasteiger partial charge in [-0.2, -0.15) is 0 Å². The first-order valence-corrected chi connectivity index (χ1v) is 5.69. The molecule has 6 nitrogen and oxygen atoms in total. The number of rotatable bonds is 2. The minimum absolute atomic E-state index is 0.500. The lowest BCUT2D eigenvalue weighted by Crippen LogP contribution is -1.81. The van der Waals surface area contributed by atoms with E-state index in [1.165, 1.54) is 7.11 Å². The van der Waals surface area contributed by atoms with Crippen LogP contribution >= 0.6 is 0 Å². The van der Waals surface area contributed by atoms with Crippen LogP contribution in [-0.4, -0.2) is 61.0 Å². The molecule has 0 unspecified atom stereocenters. The number of aliphatic hydroxyl groups is 2. The highest BCUT2D eigenvalue weighted by Gasteiger charge is 1.80. The van der Waals surface area contributed by atoms with Gasteiger partial charge in [0.15, 0.2) is 6.86 Å². The molecule has 0 spiro atoms. The van der Waals surface area contributed by atoms with Gasteiger partial charge >= 0.3 is 0 Å². The lowest BCUT2D eigenvalue weighted by molar-refractivity contribution is 0.104. The molecule has 0 fully saturated rings. The summed E-state index contributed by atoms with van der Waals surface area (Å²) in [4.78, 5) is 0. The Morgan fingerprint density at radius 3 is 1.22 bits per heavy atom. The first kappa shape index (κ1) is 36.0. The molecule has 0 aromatic rings. The summed E-state index contributed by atoms with van der Waals surface area (Å²) in [6.45, 7) is 3.32. The summed E-state index contributed by atoms with van der Waals surface area (Å²) in [6, 6.07) is 0. The van der Waals surface area contributed by atoms with E-state index in [1.54, 1.807) is 0 Å². The van der Waals surface area contributed by atoms with Crippen molar-refractivity contribution >= 4 is 10.4 Å². The molecule has 0 aliphatic carbocycles. The molecular formula is C8H25F3NO5S-. The zero-order chi connectivity index (χ0) is 16.6. The van der Waals surface area contributed by atoms with Crippen LogP contribution in [0.4, 0.5) is 12.7 Å². The fraction of sp³-hybridized carbons (Fsp3) is 1.00. The van der Waals surface area contributed by atoms with Gasteiger partial charge < -0.3 is 19.7 Å². The second kappa shape index (κ2) is 54.7. The number of methoxy groups -OCH3 is 1. The summed E-state index contributed by atoms with van der Waals surface area (Å²) in [5, 5.41) is 14.0. The maximum Gasteiger partial charge on any atom is 0.228 e. The Bertz CT molecular complexity index is 157. The van der Waals surface area contributed by atoms with Crippen LogP contribution in [0.2, 0.25) is 0 Å². The number of alkyl halides is 2. The highest BCUT2D eigenvalue weighted by Crippen LogP contribution is 1.94. The average molecular weight is 304 g/mol. The van der Waals surface area contributed by atoms with Crippen molar-refractivity contribution in [2.75, 3.05) is 42.4 Å². The van der Waals surface area contributed by atoms with Gasteiger partial charge in [-0.25, -0.2) is 12.8 Å². The van der Waals surface area contributed by atoms with Gasteiger partial charge in [-0.05, 0) is 0 Å². The third kappa shape index (κ3) is 258. The Kier molecular flexibility index (Phi) is 109.